The van der Waals surface area contributed by atoms with Gasteiger partial charge in [0.2, 0.25) is 5.91 Å². The molecular formula is C20H19N3O2S. The molecule has 1 fully saturated rings. The highest BCUT2D eigenvalue weighted by Gasteiger charge is 2.32. The van der Waals surface area contributed by atoms with Gasteiger partial charge >= 0.3 is 0 Å². The van der Waals surface area contributed by atoms with Crippen molar-refractivity contribution in [2.45, 2.75) is 20.3 Å². The van der Waals surface area contributed by atoms with Gasteiger partial charge in [-0.1, -0.05) is 37.3 Å². The Morgan fingerprint density at radius 3 is 2.54 bits per heavy atom. The van der Waals surface area contributed by atoms with Crippen molar-refractivity contribution in [3.8, 4) is 0 Å². The highest BCUT2D eigenvalue weighted by Crippen LogP contribution is 2.26. The van der Waals surface area contributed by atoms with Gasteiger partial charge in [0.25, 0.3) is 5.91 Å². The second kappa shape index (κ2) is 7.49. The van der Waals surface area contributed by atoms with Crippen LogP contribution in [0.2, 0.25) is 0 Å². The number of carbonyl (C=O) groups is 2. The minimum absolute atomic E-state index is 0.126. The predicted molar refractivity (Wildman–Crippen MR) is 108 cm³/mol. The Morgan fingerprint density at radius 2 is 1.88 bits per heavy atom. The van der Waals surface area contributed by atoms with E-state index < -0.39 is 0 Å². The largest absolute Gasteiger partial charge is 0.327 e. The first-order chi connectivity index (χ1) is 12.5. The molecule has 1 saturated heterocycles. The van der Waals surface area contributed by atoms with Gasteiger partial charge < -0.3 is 10.6 Å². The zero-order valence-corrected chi connectivity index (χ0v) is 15.4. The summed E-state index contributed by atoms with van der Waals surface area (Å²) in [4.78, 5) is 25.5. The number of carbonyl (C=O) groups excluding carboxylic acids is 2. The quantitative estimate of drug-likeness (QED) is 0.643. The normalized spacial score (nSPS) is 15.3. The summed E-state index contributed by atoms with van der Waals surface area (Å²) in [7, 11) is 0. The van der Waals surface area contributed by atoms with Gasteiger partial charge in [-0.05, 0) is 54.0 Å². The highest BCUT2D eigenvalue weighted by molar-refractivity contribution is 7.80. The van der Waals surface area contributed by atoms with E-state index in [1.165, 1.54) is 11.8 Å². The first-order valence-electron chi connectivity index (χ1n) is 8.32. The van der Waals surface area contributed by atoms with Gasteiger partial charge in [-0.15, -0.1) is 0 Å². The number of rotatable bonds is 4. The van der Waals surface area contributed by atoms with E-state index in [9.17, 15) is 9.59 Å². The van der Waals surface area contributed by atoms with E-state index in [0.717, 1.165) is 23.2 Å². The third-order valence-electron chi connectivity index (χ3n) is 4.03. The van der Waals surface area contributed by atoms with Gasteiger partial charge in [-0.2, -0.15) is 0 Å². The third-order valence-corrected chi connectivity index (χ3v) is 4.32. The van der Waals surface area contributed by atoms with Crippen LogP contribution in [0.3, 0.4) is 0 Å². The van der Waals surface area contributed by atoms with Crippen LogP contribution >= 0.6 is 12.2 Å². The molecule has 2 aromatic carbocycles. The van der Waals surface area contributed by atoms with Crippen molar-refractivity contribution in [1.82, 2.24) is 5.32 Å². The van der Waals surface area contributed by atoms with Gasteiger partial charge in [0.05, 0.1) is 5.69 Å². The lowest BCUT2D eigenvalue weighted by Gasteiger charge is -2.17. The summed E-state index contributed by atoms with van der Waals surface area (Å²) in [5.74, 6) is -0.304. The zero-order chi connectivity index (χ0) is 18.7. The average Bonchev–Trinajstić information content (AvgIpc) is 2.89. The fraction of sp³-hybridized carbons (Fsp3) is 0.150. The Morgan fingerprint density at radius 1 is 1.19 bits per heavy atom. The summed E-state index contributed by atoms with van der Waals surface area (Å²) in [5.41, 5.74) is 3.84. The number of aryl methyl sites for hydroxylation is 1. The number of para-hydroxylation sites is 1. The first-order valence-corrected chi connectivity index (χ1v) is 8.73. The number of benzene rings is 2. The fourth-order valence-corrected chi connectivity index (χ4v) is 3.11. The SMILES string of the molecule is CCc1ccccc1N1C(=O)C(=Cc2ccc(NC(C)=O)cc2)NC1=S. The summed E-state index contributed by atoms with van der Waals surface area (Å²) >= 11 is 5.37. The van der Waals surface area contributed by atoms with Gasteiger partial charge in [0, 0.05) is 12.6 Å². The van der Waals surface area contributed by atoms with E-state index in [2.05, 4.69) is 10.6 Å². The van der Waals surface area contributed by atoms with E-state index in [4.69, 9.17) is 12.2 Å². The van der Waals surface area contributed by atoms with Crippen LogP contribution in [0.4, 0.5) is 11.4 Å². The van der Waals surface area contributed by atoms with Crippen molar-refractivity contribution in [3.05, 3.63) is 65.4 Å². The molecule has 0 aliphatic carbocycles. The van der Waals surface area contributed by atoms with Gasteiger partial charge in [-0.25, -0.2) is 0 Å². The molecule has 0 spiro atoms. The van der Waals surface area contributed by atoms with Crippen LogP contribution in [-0.2, 0) is 16.0 Å². The van der Waals surface area contributed by atoms with E-state index in [-0.39, 0.29) is 11.8 Å². The number of thiocarbonyl (C=S) groups is 1. The molecule has 1 aliphatic heterocycles. The molecule has 1 heterocycles. The second-order valence-electron chi connectivity index (χ2n) is 5.91. The maximum Gasteiger partial charge on any atom is 0.281 e. The summed E-state index contributed by atoms with van der Waals surface area (Å²) in [5, 5.41) is 6.08. The zero-order valence-electron chi connectivity index (χ0n) is 14.6. The van der Waals surface area contributed by atoms with Crippen molar-refractivity contribution < 1.29 is 9.59 Å². The number of nitrogens with zero attached hydrogens (tertiary/aromatic N) is 1. The van der Waals surface area contributed by atoms with Crippen LogP contribution in [0.5, 0.6) is 0 Å². The van der Waals surface area contributed by atoms with E-state index in [0.29, 0.717) is 16.5 Å². The molecule has 2 N–H and O–H groups in total. The van der Waals surface area contributed by atoms with Crippen molar-refractivity contribution >= 4 is 46.6 Å². The van der Waals surface area contributed by atoms with Crippen molar-refractivity contribution in [3.63, 3.8) is 0 Å². The smallest absolute Gasteiger partial charge is 0.281 e. The molecule has 0 bridgehead atoms. The van der Waals surface area contributed by atoms with Crippen LogP contribution in [0, 0.1) is 0 Å². The minimum Gasteiger partial charge on any atom is -0.327 e. The molecule has 0 unspecified atom stereocenters. The predicted octanol–water partition coefficient (Wildman–Crippen LogP) is 3.47. The Labute approximate surface area is 157 Å². The Hall–Kier alpha value is -2.99. The maximum atomic E-state index is 12.9. The fourth-order valence-electron chi connectivity index (χ4n) is 2.81. The standard InChI is InChI=1S/C20H19N3O2S/c1-3-15-6-4-5-7-18(15)23-19(25)17(22-20(23)26)12-14-8-10-16(11-9-14)21-13(2)24/h4-12H,3H2,1-2H3,(H,21,24)(H,22,26). The molecule has 3 rings (SSSR count). The Balaban J connectivity index is 1.86. The summed E-state index contributed by atoms with van der Waals surface area (Å²) in [6.45, 7) is 3.50. The molecular weight excluding hydrogens is 346 g/mol. The summed E-state index contributed by atoms with van der Waals surface area (Å²) in [6, 6.07) is 15.0. The lowest BCUT2D eigenvalue weighted by molar-refractivity contribution is -0.114. The van der Waals surface area contributed by atoms with Crippen molar-refractivity contribution in [1.29, 1.82) is 0 Å². The van der Waals surface area contributed by atoms with Crippen LogP contribution in [0.15, 0.2) is 54.2 Å². The van der Waals surface area contributed by atoms with Crippen LogP contribution in [0.25, 0.3) is 6.08 Å². The molecule has 0 saturated carbocycles. The Kier molecular flexibility index (Phi) is 5.14. The van der Waals surface area contributed by atoms with Gasteiger partial charge in [-0.3, -0.25) is 14.5 Å². The minimum atomic E-state index is -0.179. The topological polar surface area (TPSA) is 61.4 Å². The van der Waals surface area contributed by atoms with Crippen LogP contribution < -0.4 is 15.5 Å². The van der Waals surface area contributed by atoms with Crippen molar-refractivity contribution in [2.75, 3.05) is 10.2 Å². The number of amides is 2. The highest BCUT2D eigenvalue weighted by atomic mass is 32.1. The van der Waals surface area contributed by atoms with Gasteiger partial charge in [0.1, 0.15) is 5.70 Å². The number of hydrogen-bond donors (Lipinski definition) is 2. The lowest BCUT2D eigenvalue weighted by atomic mass is 10.1. The third kappa shape index (κ3) is 3.65. The average molecular weight is 365 g/mol. The summed E-state index contributed by atoms with van der Waals surface area (Å²) in [6.07, 6.45) is 2.56. The second-order valence-corrected chi connectivity index (χ2v) is 6.30. The van der Waals surface area contributed by atoms with E-state index in [1.807, 2.05) is 43.3 Å². The monoisotopic (exact) mass is 365 g/mol. The molecule has 26 heavy (non-hydrogen) atoms. The molecule has 6 heteroatoms. The number of nitrogens with one attached hydrogen (secondary N) is 2. The molecule has 5 nitrogen and oxygen atoms in total. The molecule has 2 amide bonds. The lowest BCUT2D eigenvalue weighted by Crippen LogP contribution is -2.31. The number of anilines is 2. The summed E-state index contributed by atoms with van der Waals surface area (Å²) < 4.78 is 0. The molecule has 0 radical (unpaired) electrons. The molecule has 1 aliphatic rings. The molecule has 132 valence electrons. The van der Waals surface area contributed by atoms with Crippen LogP contribution in [0.1, 0.15) is 25.0 Å². The van der Waals surface area contributed by atoms with Crippen LogP contribution in [-0.4, -0.2) is 16.9 Å². The number of hydrogen-bond acceptors (Lipinski definition) is 3. The van der Waals surface area contributed by atoms with E-state index in [1.54, 1.807) is 18.2 Å². The first kappa shape index (κ1) is 17.8. The molecule has 2 aromatic rings. The maximum absolute atomic E-state index is 12.9. The van der Waals surface area contributed by atoms with Gasteiger partial charge in [0.15, 0.2) is 5.11 Å². The van der Waals surface area contributed by atoms with E-state index >= 15 is 0 Å². The Bertz CT molecular complexity index is 904. The molecule has 0 atom stereocenters. The van der Waals surface area contributed by atoms with Crippen molar-refractivity contribution in [2.24, 2.45) is 0 Å². The molecule has 0 aromatic heterocycles.